The SMILES string of the molecule is CCC(C(=O)C(=N)[C@@H](C)C(=O)N[C@H](C(=O)N[C@H](C(=O)C(F)(F)F)C(C)C)c1ccc(OC)cc1)c1ccccc1. The average Bonchev–Trinajstić information content (AvgIpc) is 2.93. The van der Waals surface area contributed by atoms with Gasteiger partial charge in [-0.1, -0.05) is 63.2 Å². The summed E-state index contributed by atoms with van der Waals surface area (Å²) in [6, 6.07) is 11.2. The number of carbonyl (C=O) groups excluding carboxylic acids is 4. The third kappa shape index (κ3) is 8.00. The maximum Gasteiger partial charge on any atom is 0.452 e. The lowest BCUT2D eigenvalue weighted by Gasteiger charge is -2.27. The van der Waals surface area contributed by atoms with Gasteiger partial charge in [0.25, 0.3) is 5.78 Å². The minimum absolute atomic E-state index is 0.189. The summed E-state index contributed by atoms with van der Waals surface area (Å²) in [4.78, 5) is 51.6. The lowest BCUT2D eigenvalue weighted by atomic mass is 9.86. The van der Waals surface area contributed by atoms with E-state index >= 15 is 0 Å². The van der Waals surface area contributed by atoms with Gasteiger partial charge in [-0.25, -0.2) is 0 Å². The van der Waals surface area contributed by atoms with E-state index in [1.807, 2.05) is 0 Å². The van der Waals surface area contributed by atoms with Gasteiger partial charge >= 0.3 is 6.18 Å². The molecule has 216 valence electrons. The molecular formula is C29H34F3N3O5. The second-order valence-electron chi connectivity index (χ2n) is 9.68. The Morgan fingerprint density at radius 2 is 1.45 bits per heavy atom. The fourth-order valence-corrected chi connectivity index (χ4v) is 4.10. The van der Waals surface area contributed by atoms with Crippen molar-refractivity contribution in [2.75, 3.05) is 7.11 Å². The predicted octanol–water partition coefficient (Wildman–Crippen LogP) is 4.54. The number of Topliss-reactive ketones (excluding diaryl/α,β-unsaturated/α-hetero) is 2. The van der Waals surface area contributed by atoms with Crippen LogP contribution in [0, 0.1) is 17.2 Å². The Balaban J connectivity index is 2.34. The van der Waals surface area contributed by atoms with Crippen LogP contribution in [0.2, 0.25) is 0 Å². The topological polar surface area (TPSA) is 125 Å². The molecule has 1 unspecified atom stereocenters. The Morgan fingerprint density at radius 1 is 0.875 bits per heavy atom. The van der Waals surface area contributed by atoms with Crippen LogP contribution in [-0.2, 0) is 19.2 Å². The molecule has 0 aliphatic heterocycles. The fraction of sp³-hybridized carbons (Fsp3) is 0.414. The zero-order valence-electron chi connectivity index (χ0n) is 23.0. The molecule has 40 heavy (non-hydrogen) atoms. The van der Waals surface area contributed by atoms with Crippen LogP contribution in [-0.4, -0.2) is 48.4 Å². The number of methoxy groups -OCH3 is 1. The molecule has 2 aromatic rings. The van der Waals surface area contributed by atoms with Gasteiger partial charge in [0.05, 0.1) is 24.8 Å². The summed E-state index contributed by atoms with van der Waals surface area (Å²) in [5.74, 6) is -7.01. The molecule has 0 aliphatic carbocycles. The number of benzene rings is 2. The molecule has 3 N–H and O–H groups in total. The van der Waals surface area contributed by atoms with Crippen molar-refractivity contribution in [1.29, 1.82) is 5.41 Å². The number of ketones is 2. The quantitative estimate of drug-likeness (QED) is 0.310. The van der Waals surface area contributed by atoms with Gasteiger partial charge in [0.1, 0.15) is 11.8 Å². The second-order valence-corrected chi connectivity index (χ2v) is 9.68. The minimum Gasteiger partial charge on any atom is -0.497 e. The zero-order chi connectivity index (χ0) is 30.2. The highest BCUT2D eigenvalue weighted by Crippen LogP contribution is 2.25. The van der Waals surface area contributed by atoms with E-state index in [4.69, 9.17) is 10.1 Å². The first-order chi connectivity index (χ1) is 18.7. The van der Waals surface area contributed by atoms with Crippen molar-refractivity contribution in [1.82, 2.24) is 10.6 Å². The molecule has 2 aromatic carbocycles. The molecule has 0 aliphatic rings. The highest BCUT2D eigenvalue weighted by atomic mass is 19.4. The molecule has 0 fully saturated rings. The molecule has 11 heteroatoms. The normalized spacial score (nSPS) is 14.4. The standard InChI is InChI=1S/C29H34F3N3O5/c1-6-21(18-10-8-7-9-11-18)25(36)22(33)17(4)27(38)35-24(19-12-14-20(40-5)15-13-19)28(39)34-23(16(2)3)26(37)29(30,31)32/h7-17,21,23-24,33H,6H2,1-5H3,(H,34,39)(H,35,38)/t17-,21?,23+,24+/m1/s1. The molecule has 4 atom stereocenters. The number of rotatable bonds is 13. The van der Waals surface area contributed by atoms with E-state index in [1.165, 1.54) is 52.1 Å². The molecule has 8 nitrogen and oxygen atoms in total. The van der Waals surface area contributed by atoms with Crippen LogP contribution in [0.25, 0.3) is 0 Å². The van der Waals surface area contributed by atoms with Crippen molar-refractivity contribution in [2.45, 2.75) is 58.3 Å². The molecule has 0 saturated heterocycles. The monoisotopic (exact) mass is 561 g/mol. The first-order valence-electron chi connectivity index (χ1n) is 12.8. The number of amides is 2. The van der Waals surface area contributed by atoms with Gasteiger partial charge < -0.3 is 20.8 Å². The van der Waals surface area contributed by atoms with Crippen LogP contribution in [0.3, 0.4) is 0 Å². The largest absolute Gasteiger partial charge is 0.497 e. The molecule has 0 aromatic heterocycles. The Bertz CT molecular complexity index is 1210. The summed E-state index contributed by atoms with van der Waals surface area (Å²) >= 11 is 0. The molecule has 0 heterocycles. The molecule has 0 bridgehead atoms. The Morgan fingerprint density at radius 3 is 1.93 bits per heavy atom. The van der Waals surface area contributed by atoms with E-state index in [2.05, 4.69) is 10.6 Å². The lowest BCUT2D eigenvalue weighted by molar-refractivity contribution is -0.175. The second kappa shape index (κ2) is 13.9. The van der Waals surface area contributed by atoms with Gasteiger partial charge in [-0.3, -0.25) is 19.2 Å². The van der Waals surface area contributed by atoms with Crippen molar-refractivity contribution in [2.24, 2.45) is 11.8 Å². The Labute approximate surface area is 231 Å². The number of halogens is 3. The highest BCUT2D eigenvalue weighted by Gasteiger charge is 2.45. The van der Waals surface area contributed by atoms with Crippen molar-refractivity contribution in [3.8, 4) is 5.75 Å². The van der Waals surface area contributed by atoms with Crippen LogP contribution in [0.1, 0.15) is 57.2 Å². The molecule has 2 rings (SSSR count). The van der Waals surface area contributed by atoms with Gasteiger partial charge in [0.15, 0.2) is 5.78 Å². The third-order valence-corrected chi connectivity index (χ3v) is 6.54. The fourth-order valence-electron chi connectivity index (χ4n) is 4.10. The van der Waals surface area contributed by atoms with Gasteiger partial charge in [0.2, 0.25) is 11.8 Å². The number of alkyl halides is 3. The van der Waals surface area contributed by atoms with Crippen LogP contribution in [0.15, 0.2) is 54.6 Å². The predicted molar refractivity (Wildman–Crippen MR) is 143 cm³/mol. The van der Waals surface area contributed by atoms with Crippen molar-refractivity contribution < 1.29 is 37.1 Å². The van der Waals surface area contributed by atoms with Gasteiger partial charge in [0, 0.05) is 5.92 Å². The summed E-state index contributed by atoms with van der Waals surface area (Å²) in [5.41, 5.74) is 0.403. The summed E-state index contributed by atoms with van der Waals surface area (Å²) in [7, 11) is 1.42. The number of carbonyl (C=O) groups is 4. The maximum atomic E-state index is 13.2. The Hall–Kier alpha value is -4.02. The van der Waals surface area contributed by atoms with Crippen LogP contribution >= 0.6 is 0 Å². The van der Waals surface area contributed by atoms with Crippen molar-refractivity contribution in [3.05, 3.63) is 65.7 Å². The summed E-state index contributed by atoms with van der Waals surface area (Å²) in [5, 5.41) is 13.0. The van der Waals surface area contributed by atoms with E-state index in [0.717, 1.165) is 0 Å². The van der Waals surface area contributed by atoms with Crippen LogP contribution < -0.4 is 15.4 Å². The lowest BCUT2D eigenvalue weighted by Crippen LogP contribution is -2.53. The van der Waals surface area contributed by atoms with E-state index in [-0.39, 0.29) is 5.56 Å². The average molecular weight is 562 g/mol. The van der Waals surface area contributed by atoms with E-state index in [9.17, 15) is 32.3 Å². The van der Waals surface area contributed by atoms with E-state index < -0.39 is 65.1 Å². The van der Waals surface area contributed by atoms with Crippen LogP contribution in [0.4, 0.5) is 13.2 Å². The molecule has 2 amide bonds. The van der Waals surface area contributed by atoms with Crippen molar-refractivity contribution in [3.63, 3.8) is 0 Å². The summed E-state index contributed by atoms with van der Waals surface area (Å²) in [6.07, 6.45) is -4.79. The molecular weight excluding hydrogens is 527 g/mol. The number of hydrogen-bond donors (Lipinski definition) is 3. The number of nitrogens with one attached hydrogen (secondary N) is 3. The summed E-state index contributed by atoms with van der Waals surface area (Å²) in [6.45, 7) is 5.81. The maximum absolute atomic E-state index is 13.2. The van der Waals surface area contributed by atoms with E-state index in [0.29, 0.717) is 17.7 Å². The summed E-state index contributed by atoms with van der Waals surface area (Å²) < 4.78 is 44.6. The zero-order valence-corrected chi connectivity index (χ0v) is 23.0. The highest BCUT2D eigenvalue weighted by molar-refractivity contribution is 6.44. The van der Waals surface area contributed by atoms with Crippen LogP contribution in [0.5, 0.6) is 5.75 Å². The van der Waals surface area contributed by atoms with Gasteiger partial charge in [-0.2, -0.15) is 13.2 Å². The number of hydrogen-bond acceptors (Lipinski definition) is 6. The molecule has 0 radical (unpaired) electrons. The number of ether oxygens (including phenoxy) is 1. The Kier molecular flexibility index (Phi) is 11.2. The van der Waals surface area contributed by atoms with Gasteiger partial charge in [-0.15, -0.1) is 0 Å². The van der Waals surface area contributed by atoms with E-state index in [1.54, 1.807) is 37.3 Å². The van der Waals surface area contributed by atoms with Gasteiger partial charge in [-0.05, 0) is 42.5 Å². The van der Waals surface area contributed by atoms with Crippen molar-refractivity contribution >= 4 is 29.1 Å². The smallest absolute Gasteiger partial charge is 0.452 e. The first kappa shape index (κ1) is 32.2. The minimum atomic E-state index is -5.18. The third-order valence-electron chi connectivity index (χ3n) is 6.54. The molecule has 0 saturated carbocycles. The molecule has 0 spiro atoms. The first-order valence-corrected chi connectivity index (χ1v) is 12.8.